The van der Waals surface area contributed by atoms with Gasteiger partial charge in [0, 0.05) is 21.8 Å². The Morgan fingerprint density at radius 3 is 2.84 bits per heavy atom. The molecule has 7 heteroatoms. The Kier molecular flexibility index (Phi) is 4.01. The van der Waals surface area contributed by atoms with Gasteiger partial charge in [0.2, 0.25) is 0 Å². The van der Waals surface area contributed by atoms with Gasteiger partial charge in [-0.2, -0.15) is 0 Å². The van der Waals surface area contributed by atoms with Crippen LogP contribution in [0.3, 0.4) is 0 Å². The number of pyridine rings is 1. The molecular weight excluding hydrogens is 336 g/mol. The summed E-state index contributed by atoms with van der Waals surface area (Å²) in [6.45, 7) is 1.82. The molecule has 0 unspecified atom stereocenters. The molecule has 0 amide bonds. The van der Waals surface area contributed by atoms with Gasteiger partial charge < -0.3 is 4.74 Å². The van der Waals surface area contributed by atoms with Crippen LogP contribution in [0.25, 0.3) is 0 Å². The number of hydrogen-bond donors (Lipinski definition) is 0. The first-order chi connectivity index (χ1) is 8.97. The Hall–Kier alpha value is -1.66. The van der Waals surface area contributed by atoms with Crippen molar-refractivity contribution in [1.29, 1.82) is 0 Å². The minimum Gasteiger partial charge on any atom is -0.433 e. The molecule has 0 aliphatic rings. The summed E-state index contributed by atoms with van der Waals surface area (Å²) in [5.74, 6) is 0.365. The molecule has 0 aliphatic carbocycles. The fourth-order valence-corrected chi connectivity index (χ4v) is 1.89. The third-order valence-electron chi connectivity index (χ3n) is 2.35. The van der Waals surface area contributed by atoms with E-state index in [4.69, 9.17) is 16.3 Å². The van der Waals surface area contributed by atoms with E-state index in [0.29, 0.717) is 15.2 Å². The van der Waals surface area contributed by atoms with Gasteiger partial charge in [-0.3, -0.25) is 10.1 Å². The summed E-state index contributed by atoms with van der Waals surface area (Å²) in [6, 6.07) is 6.40. The third-order valence-corrected chi connectivity index (χ3v) is 3.02. The second kappa shape index (κ2) is 5.54. The van der Waals surface area contributed by atoms with Crippen LogP contribution in [-0.2, 0) is 0 Å². The van der Waals surface area contributed by atoms with Crippen LogP contribution in [0, 0.1) is 17.0 Å². The lowest BCUT2D eigenvalue weighted by Gasteiger charge is -2.08. The number of aromatic nitrogens is 1. The zero-order chi connectivity index (χ0) is 14.0. The van der Waals surface area contributed by atoms with Crippen LogP contribution in [-0.4, -0.2) is 9.91 Å². The highest BCUT2D eigenvalue weighted by Gasteiger charge is 2.19. The summed E-state index contributed by atoms with van der Waals surface area (Å²) in [5, 5.41) is 11.4. The summed E-state index contributed by atoms with van der Waals surface area (Å²) < 4.78 is 5.99. The zero-order valence-corrected chi connectivity index (χ0v) is 12.1. The minimum atomic E-state index is -0.549. The lowest BCUT2D eigenvalue weighted by atomic mass is 10.2. The van der Waals surface area contributed by atoms with Gasteiger partial charge in [-0.25, -0.2) is 4.98 Å². The molecule has 0 spiro atoms. The molecular formula is C12H8BrClN2O3. The topological polar surface area (TPSA) is 65.3 Å². The standard InChI is InChI=1S/C12H8BrClN2O3/c1-7-2-3-9(14)5-11(7)19-12-10(16(17)18)4-8(13)6-15-12/h2-6H,1H3. The second-order valence-electron chi connectivity index (χ2n) is 3.75. The van der Waals surface area contributed by atoms with Gasteiger partial charge in [0.05, 0.1) is 4.92 Å². The molecule has 0 N–H and O–H groups in total. The molecule has 0 saturated heterocycles. The van der Waals surface area contributed by atoms with Gasteiger partial charge in [0.25, 0.3) is 5.88 Å². The number of ether oxygens (including phenoxy) is 1. The van der Waals surface area contributed by atoms with E-state index in [0.717, 1.165) is 5.56 Å². The molecule has 0 bridgehead atoms. The summed E-state index contributed by atoms with van der Waals surface area (Å²) >= 11 is 9.00. The van der Waals surface area contributed by atoms with E-state index in [2.05, 4.69) is 20.9 Å². The highest BCUT2D eigenvalue weighted by Crippen LogP contribution is 2.33. The maximum Gasteiger partial charge on any atom is 0.332 e. The predicted molar refractivity (Wildman–Crippen MR) is 74.9 cm³/mol. The molecule has 0 fully saturated rings. The largest absolute Gasteiger partial charge is 0.433 e. The van der Waals surface area contributed by atoms with Crippen molar-refractivity contribution in [2.75, 3.05) is 0 Å². The molecule has 2 aromatic rings. The van der Waals surface area contributed by atoms with Crippen LogP contribution in [0.2, 0.25) is 5.02 Å². The van der Waals surface area contributed by atoms with E-state index >= 15 is 0 Å². The van der Waals surface area contributed by atoms with Crippen molar-refractivity contribution in [3.63, 3.8) is 0 Å². The second-order valence-corrected chi connectivity index (χ2v) is 5.10. The number of hydrogen-bond acceptors (Lipinski definition) is 4. The molecule has 19 heavy (non-hydrogen) atoms. The Morgan fingerprint density at radius 1 is 1.42 bits per heavy atom. The highest BCUT2D eigenvalue weighted by atomic mass is 79.9. The Morgan fingerprint density at radius 2 is 2.16 bits per heavy atom. The van der Waals surface area contributed by atoms with Crippen molar-refractivity contribution in [2.45, 2.75) is 6.92 Å². The van der Waals surface area contributed by atoms with Crippen molar-refractivity contribution < 1.29 is 9.66 Å². The average Bonchev–Trinajstić information content (AvgIpc) is 2.35. The van der Waals surface area contributed by atoms with E-state index in [1.165, 1.54) is 12.3 Å². The molecule has 1 heterocycles. The van der Waals surface area contributed by atoms with Crippen molar-refractivity contribution in [3.8, 4) is 11.6 Å². The van der Waals surface area contributed by atoms with Crippen LogP contribution in [0.1, 0.15) is 5.56 Å². The molecule has 0 atom stereocenters. The first-order valence-corrected chi connectivity index (χ1v) is 6.38. The van der Waals surface area contributed by atoms with E-state index in [-0.39, 0.29) is 11.6 Å². The van der Waals surface area contributed by atoms with Crippen LogP contribution in [0.4, 0.5) is 5.69 Å². The smallest absolute Gasteiger partial charge is 0.332 e. The maximum atomic E-state index is 11.0. The first-order valence-electron chi connectivity index (χ1n) is 5.21. The van der Waals surface area contributed by atoms with Crippen molar-refractivity contribution in [2.24, 2.45) is 0 Å². The molecule has 1 aromatic heterocycles. The number of rotatable bonds is 3. The molecule has 0 radical (unpaired) electrons. The lowest BCUT2D eigenvalue weighted by Crippen LogP contribution is -1.97. The van der Waals surface area contributed by atoms with Crippen LogP contribution in [0.5, 0.6) is 11.6 Å². The number of benzene rings is 1. The Balaban J connectivity index is 2.43. The first kappa shape index (κ1) is 13.8. The van der Waals surface area contributed by atoms with Crippen LogP contribution in [0.15, 0.2) is 34.9 Å². The van der Waals surface area contributed by atoms with Gasteiger partial charge in [-0.15, -0.1) is 0 Å². The minimum absolute atomic E-state index is 0.0708. The number of aryl methyl sites for hydroxylation is 1. The van der Waals surface area contributed by atoms with Gasteiger partial charge >= 0.3 is 5.69 Å². The Bertz CT molecular complexity index is 649. The molecule has 0 saturated carbocycles. The Labute approximate surface area is 122 Å². The highest BCUT2D eigenvalue weighted by molar-refractivity contribution is 9.10. The predicted octanol–water partition coefficient (Wildman–Crippen LogP) is 4.51. The fraction of sp³-hybridized carbons (Fsp3) is 0.0833. The summed E-state index contributed by atoms with van der Waals surface area (Å²) in [4.78, 5) is 14.3. The van der Waals surface area contributed by atoms with Crippen LogP contribution < -0.4 is 4.74 Å². The van der Waals surface area contributed by atoms with Gasteiger partial charge in [0.15, 0.2) is 0 Å². The summed E-state index contributed by atoms with van der Waals surface area (Å²) in [6.07, 6.45) is 1.43. The van der Waals surface area contributed by atoms with E-state index < -0.39 is 4.92 Å². The third kappa shape index (κ3) is 3.21. The van der Waals surface area contributed by atoms with Crippen LogP contribution >= 0.6 is 27.5 Å². The van der Waals surface area contributed by atoms with Crippen molar-refractivity contribution in [3.05, 3.63) is 55.6 Å². The average molecular weight is 344 g/mol. The maximum absolute atomic E-state index is 11.0. The van der Waals surface area contributed by atoms with Gasteiger partial charge in [0.1, 0.15) is 5.75 Å². The van der Waals surface area contributed by atoms with E-state index in [1.807, 2.05) is 6.92 Å². The summed E-state index contributed by atoms with van der Waals surface area (Å²) in [7, 11) is 0. The number of nitro groups is 1. The van der Waals surface area contributed by atoms with Gasteiger partial charge in [-0.05, 0) is 40.5 Å². The monoisotopic (exact) mass is 342 g/mol. The van der Waals surface area contributed by atoms with E-state index in [1.54, 1.807) is 18.2 Å². The summed E-state index contributed by atoms with van der Waals surface area (Å²) in [5.41, 5.74) is 0.595. The SMILES string of the molecule is Cc1ccc(Cl)cc1Oc1ncc(Br)cc1[N+](=O)[O-]. The zero-order valence-electron chi connectivity index (χ0n) is 9.76. The normalized spacial score (nSPS) is 10.3. The molecule has 5 nitrogen and oxygen atoms in total. The lowest BCUT2D eigenvalue weighted by molar-refractivity contribution is -0.386. The van der Waals surface area contributed by atoms with Gasteiger partial charge in [-0.1, -0.05) is 17.7 Å². The van der Waals surface area contributed by atoms with Crippen molar-refractivity contribution in [1.82, 2.24) is 4.98 Å². The van der Waals surface area contributed by atoms with Crippen molar-refractivity contribution >= 4 is 33.2 Å². The molecule has 98 valence electrons. The quantitative estimate of drug-likeness (QED) is 0.607. The fourth-order valence-electron chi connectivity index (χ4n) is 1.41. The molecule has 0 aliphatic heterocycles. The number of halogens is 2. The van der Waals surface area contributed by atoms with E-state index in [9.17, 15) is 10.1 Å². The molecule has 1 aromatic carbocycles. The number of nitrogens with zero attached hydrogens (tertiary/aromatic N) is 2. The molecule has 2 rings (SSSR count).